The molecule has 0 saturated carbocycles. The van der Waals surface area contributed by atoms with Crippen molar-refractivity contribution in [3.8, 4) is 0 Å². The van der Waals surface area contributed by atoms with Crippen molar-refractivity contribution in [3.05, 3.63) is 64.7 Å². The second-order valence-corrected chi connectivity index (χ2v) is 5.03. The molecule has 0 aliphatic carbocycles. The highest BCUT2D eigenvalue weighted by Crippen LogP contribution is 2.37. The highest BCUT2D eigenvalue weighted by Gasteiger charge is 2.42. The van der Waals surface area contributed by atoms with E-state index in [0.29, 0.717) is 16.3 Å². The van der Waals surface area contributed by atoms with Crippen LogP contribution < -0.4 is 5.32 Å². The molecule has 1 aliphatic rings. The average molecular weight is 274 g/mol. The molecular weight excluding hydrogens is 262 g/mol. The van der Waals surface area contributed by atoms with Crippen LogP contribution in [0.5, 0.6) is 0 Å². The maximum atomic E-state index is 12.2. The molecule has 3 rings (SSSR count). The first-order valence-corrected chi connectivity index (χ1v) is 6.36. The predicted molar refractivity (Wildman–Crippen MR) is 74.1 cm³/mol. The van der Waals surface area contributed by atoms with Gasteiger partial charge in [-0.15, -0.1) is 0 Å². The van der Waals surface area contributed by atoms with Crippen molar-refractivity contribution in [1.82, 2.24) is 0 Å². The van der Waals surface area contributed by atoms with Crippen LogP contribution in [0.4, 0.5) is 5.69 Å². The number of carbonyl (C=O) groups excluding carboxylic acids is 1. The van der Waals surface area contributed by atoms with E-state index < -0.39 is 11.5 Å². The van der Waals surface area contributed by atoms with E-state index in [9.17, 15) is 9.90 Å². The van der Waals surface area contributed by atoms with Crippen LogP contribution in [-0.2, 0) is 16.8 Å². The summed E-state index contributed by atoms with van der Waals surface area (Å²) >= 11 is 6.14. The quantitative estimate of drug-likeness (QED) is 0.839. The lowest BCUT2D eigenvalue weighted by atomic mass is 9.83. The number of aliphatic hydroxyl groups is 1. The summed E-state index contributed by atoms with van der Waals surface area (Å²) < 4.78 is 0. The van der Waals surface area contributed by atoms with Crippen LogP contribution >= 0.6 is 11.6 Å². The fraction of sp³-hybridized carbons (Fsp3) is 0.133. The summed E-state index contributed by atoms with van der Waals surface area (Å²) in [5.74, 6) is -0.423. The molecule has 0 bridgehead atoms. The Balaban J connectivity index is 2.11. The van der Waals surface area contributed by atoms with Crippen molar-refractivity contribution in [3.63, 3.8) is 0 Å². The lowest BCUT2D eigenvalue weighted by Gasteiger charge is -2.33. The van der Waals surface area contributed by atoms with Gasteiger partial charge in [0.2, 0.25) is 0 Å². The van der Waals surface area contributed by atoms with Crippen molar-refractivity contribution in [1.29, 1.82) is 0 Å². The lowest BCUT2D eigenvalue weighted by Crippen LogP contribution is -2.45. The van der Waals surface area contributed by atoms with Gasteiger partial charge in [-0.3, -0.25) is 4.79 Å². The molecule has 2 aromatic rings. The van der Waals surface area contributed by atoms with Gasteiger partial charge >= 0.3 is 0 Å². The van der Waals surface area contributed by atoms with Gasteiger partial charge in [-0.25, -0.2) is 0 Å². The van der Waals surface area contributed by atoms with E-state index >= 15 is 0 Å². The SMILES string of the molecule is O=C1Nc2cccc(Cl)c2C[C@]1(O)c1ccccc1. The standard InChI is InChI=1S/C15H12ClNO2/c16-12-7-4-8-13-11(12)9-15(19,14(18)17-13)10-5-2-1-3-6-10/h1-8,19H,9H2,(H,17,18)/t15-/m0/s1. The van der Waals surface area contributed by atoms with Crippen LogP contribution in [0, 0.1) is 0 Å². The minimum absolute atomic E-state index is 0.178. The Kier molecular flexibility index (Phi) is 2.81. The van der Waals surface area contributed by atoms with E-state index in [1.807, 2.05) is 6.07 Å². The van der Waals surface area contributed by atoms with Crippen LogP contribution in [0.15, 0.2) is 48.5 Å². The molecule has 0 spiro atoms. The molecule has 0 saturated heterocycles. The number of hydrogen-bond acceptors (Lipinski definition) is 2. The molecule has 1 amide bonds. The molecule has 2 aromatic carbocycles. The summed E-state index contributed by atoms with van der Waals surface area (Å²) in [7, 11) is 0. The van der Waals surface area contributed by atoms with Crippen LogP contribution in [0.1, 0.15) is 11.1 Å². The number of halogens is 1. The molecular formula is C15H12ClNO2. The molecule has 0 fully saturated rings. The van der Waals surface area contributed by atoms with Gasteiger partial charge in [-0.05, 0) is 23.3 Å². The number of fused-ring (bicyclic) bond motifs is 1. The molecule has 0 radical (unpaired) electrons. The topological polar surface area (TPSA) is 49.3 Å². The Bertz CT molecular complexity index is 642. The van der Waals surface area contributed by atoms with Crippen molar-refractivity contribution >= 4 is 23.2 Å². The van der Waals surface area contributed by atoms with Gasteiger partial charge in [-0.1, -0.05) is 48.0 Å². The second kappa shape index (κ2) is 4.37. The van der Waals surface area contributed by atoms with Gasteiger partial charge in [-0.2, -0.15) is 0 Å². The molecule has 19 heavy (non-hydrogen) atoms. The monoisotopic (exact) mass is 273 g/mol. The zero-order valence-corrected chi connectivity index (χ0v) is 10.8. The fourth-order valence-corrected chi connectivity index (χ4v) is 2.61. The number of benzene rings is 2. The molecule has 0 aromatic heterocycles. The molecule has 1 atom stereocenters. The number of rotatable bonds is 1. The molecule has 2 N–H and O–H groups in total. The third kappa shape index (κ3) is 1.91. The average Bonchev–Trinajstić information content (AvgIpc) is 2.42. The zero-order valence-electron chi connectivity index (χ0n) is 10.1. The maximum absolute atomic E-state index is 12.2. The van der Waals surface area contributed by atoms with Gasteiger partial charge in [0, 0.05) is 17.1 Å². The highest BCUT2D eigenvalue weighted by molar-refractivity contribution is 6.32. The van der Waals surface area contributed by atoms with Crippen LogP contribution in [0.25, 0.3) is 0 Å². The Labute approximate surface area is 115 Å². The third-order valence-corrected chi connectivity index (χ3v) is 3.78. The zero-order chi connectivity index (χ0) is 13.5. The number of amides is 1. The van der Waals surface area contributed by atoms with Gasteiger partial charge in [0.1, 0.15) is 0 Å². The minimum Gasteiger partial charge on any atom is -0.375 e. The molecule has 96 valence electrons. The summed E-state index contributed by atoms with van der Waals surface area (Å²) in [6, 6.07) is 14.2. The lowest BCUT2D eigenvalue weighted by molar-refractivity contribution is -0.135. The largest absolute Gasteiger partial charge is 0.375 e. The first kappa shape index (κ1) is 12.2. The third-order valence-electron chi connectivity index (χ3n) is 3.43. The smallest absolute Gasteiger partial charge is 0.261 e. The van der Waals surface area contributed by atoms with Gasteiger partial charge < -0.3 is 10.4 Å². The van der Waals surface area contributed by atoms with E-state index in [-0.39, 0.29) is 6.42 Å². The van der Waals surface area contributed by atoms with E-state index in [2.05, 4.69) is 5.32 Å². The van der Waals surface area contributed by atoms with E-state index in [4.69, 9.17) is 11.6 Å². The second-order valence-electron chi connectivity index (χ2n) is 4.62. The van der Waals surface area contributed by atoms with Crippen molar-refractivity contribution in [2.45, 2.75) is 12.0 Å². The van der Waals surface area contributed by atoms with Crippen LogP contribution in [0.2, 0.25) is 5.02 Å². The molecule has 0 unspecified atom stereocenters. The summed E-state index contributed by atoms with van der Waals surface area (Å²) in [6.07, 6.45) is 0.178. The Morgan fingerprint density at radius 2 is 1.84 bits per heavy atom. The summed E-state index contributed by atoms with van der Waals surface area (Å²) in [6.45, 7) is 0. The molecule has 1 heterocycles. The predicted octanol–water partition coefficient (Wildman–Crippen LogP) is 2.72. The minimum atomic E-state index is -1.57. The van der Waals surface area contributed by atoms with Gasteiger partial charge in [0.05, 0.1) is 0 Å². The van der Waals surface area contributed by atoms with E-state index in [1.165, 1.54) is 0 Å². The summed E-state index contributed by atoms with van der Waals surface area (Å²) in [5, 5.41) is 14.0. The first-order chi connectivity index (χ1) is 9.11. The summed E-state index contributed by atoms with van der Waals surface area (Å²) in [5.41, 5.74) is 0.422. The van der Waals surface area contributed by atoms with Crippen LogP contribution in [0.3, 0.4) is 0 Å². The highest BCUT2D eigenvalue weighted by atomic mass is 35.5. The van der Waals surface area contributed by atoms with Crippen molar-refractivity contribution in [2.24, 2.45) is 0 Å². The Morgan fingerprint density at radius 3 is 2.58 bits per heavy atom. The first-order valence-electron chi connectivity index (χ1n) is 5.98. The normalized spacial score (nSPS) is 21.7. The van der Waals surface area contributed by atoms with E-state index in [0.717, 1.165) is 5.56 Å². The van der Waals surface area contributed by atoms with Gasteiger partial charge in [0.15, 0.2) is 5.60 Å². The van der Waals surface area contributed by atoms with Gasteiger partial charge in [0.25, 0.3) is 5.91 Å². The number of carbonyl (C=O) groups is 1. The number of anilines is 1. The van der Waals surface area contributed by atoms with Crippen LogP contribution in [-0.4, -0.2) is 11.0 Å². The fourth-order valence-electron chi connectivity index (χ4n) is 2.36. The van der Waals surface area contributed by atoms with E-state index in [1.54, 1.807) is 42.5 Å². The van der Waals surface area contributed by atoms with Crippen molar-refractivity contribution < 1.29 is 9.90 Å². The molecule has 3 nitrogen and oxygen atoms in total. The molecule has 1 aliphatic heterocycles. The Morgan fingerprint density at radius 1 is 1.11 bits per heavy atom. The maximum Gasteiger partial charge on any atom is 0.261 e. The Hall–Kier alpha value is -1.84. The number of hydrogen-bond donors (Lipinski definition) is 2. The number of nitrogens with one attached hydrogen (secondary N) is 1. The van der Waals surface area contributed by atoms with Crippen molar-refractivity contribution in [2.75, 3.05) is 5.32 Å². The molecule has 4 heteroatoms. The summed E-state index contributed by atoms with van der Waals surface area (Å²) in [4.78, 5) is 12.2.